The maximum Gasteiger partial charge on any atom is 0.0607 e. The van der Waals surface area contributed by atoms with Crippen LogP contribution in [-0.4, -0.2) is 0 Å². The SMILES string of the molecule is CCC1(CC)c2ccccc2-c2ccc(N(c3ccccc3)c3ccccc3)c(Br)c21. The second-order valence-corrected chi connectivity index (χ2v) is 8.96. The van der Waals surface area contributed by atoms with Crippen LogP contribution in [0.1, 0.15) is 37.8 Å². The summed E-state index contributed by atoms with van der Waals surface area (Å²) in [5.74, 6) is 0. The van der Waals surface area contributed by atoms with Crippen LogP contribution in [0.4, 0.5) is 17.1 Å². The summed E-state index contributed by atoms with van der Waals surface area (Å²) >= 11 is 4.10. The van der Waals surface area contributed by atoms with E-state index in [1.165, 1.54) is 32.4 Å². The fraction of sp³-hybridized carbons (Fsp3) is 0.172. The summed E-state index contributed by atoms with van der Waals surface area (Å²) in [6.45, 7) is 4.64. The van der Waals surface area contributed by atoms with Crippen LogP contribution < -0.4 is 4.90 Å². The van der Waals surface area contributed by atoms with Gasteiger partial charge in [0.1, 0.15) is 0 Å². The highest BCUT2D eigenvalue weighted by Crippen LogP contribution is 2.57. The van der Waals surface area contributed by atoms with Crippen LogP contribution in [0.5, 0.6) is 0 Å². The van der Waals surface area contributed by atoms with Crippen molar-refractivity contribution >= 4 is 33.0 Å². The second-order valence-electron chi connectivity index (χ2n) is 8.16. The molecule has 0 spiro atoms. The molecule has 2 heteroatoms. The van der Waals surface area contributed by atoms with Crippen molar-refractivity contribution in [1.82, 2.24) is 0 Å². The van der Waals surface area contributed by atoms with E-state index in [4.69, 9.17) is 0 Å². The van der Waals surface area contributed by atoms with E-state index in [0.717, 1.165) is 24.2 Å². The molecule has 1 aliphatic rings. The molecular weight excluding hydrogens is 442 g/mol. The molecule has 0 saturated heterocycles. The highest BCUT2D eigenvalue weighted by atomic mass is 79.9. The zero-order valence-corrected chi connectivity index (χ0v) is 19.6. The van der Waals surface area contributed by atoms with Crippen molar-refractivity contribution in [3.05, 3.63) is 113 Å². The van der Waals surface area contributed by atoms with Crippen molar-refractivity contribution in [3.8, 4) is 11.1 Å². The summed E-state index contributed by atoms with van der Waals surface area (Å²) in [6, 6.07) is 34.8. The lowest BCUT2D eigenvalue weighted by Gasteiger charge is -2.33. The number of rotatable bonds is 5. The Bertz CT molecular complexity index is 1170. The number of fused-ring (bicyclic) bond motifs is 3. The number of hydrogen-bond donors (Lipinski definition) is 0. The zero-order valence-electron chi connectivity index (χ0n) is 18.0. The minimum atomic E-state index is 0.0276. The van der Waals surface area contributed by atoms with Crippen LogP contribution in [0, 0.1) is 0 Å². The molecule has 0 aliphatic heterocycles. The molecule has 0 atom stereocenters. The van der Waals surface area contributed by atoms with Gasteiger partial charge in [-0.2, -0.15) is 0 Å². The van der Waals surface area contributed by atoms with E-state index in [2.05, 4.69) is 132 Å². The number of anilines is 3. The lowest BCUT2D eigenvalue weighted by atomic mass is 9.74. The van der Waals surface area contributed by atoms with Crippen molar-refractivity contribution in [2.75, 3.05) is 4.90 Å². The average molecular weight is 468 g/mol. The lowest BCUT2D eigenvalue weighted by molar-refractivity contribution is 0.488. The normalized spacial score (nSPS) is 13.5. The predicted octanol–water partition coefficient (Wildman–Crippen LogP) is 9.01. The molecule has 4 aromatic carbocycles. The van der Waals surface area contributed by atoms with E-state index in [0.29, 0.717) is 0 Å². The van der Waals surface area contributed by atoms with Gasteiger partial charge in [-0.25, -0.2) is 0 Å². The summed E-state index contributed by atoms with van der Waals surface area (Å²) in [4.78, 5) is 2.35. The van der Waals surface area contributed by atoms with E-state index in [1.807, 2.05) is 0 Å². The van der Waals surface area contributed by atoms with Crippen LogP contribution in [0.25, 0.3) is 11.1 Å². The monoisotopic (exact) mass is 467 g/mol. The molecule has 4 aromatic rings. The molecule has 1 aliphatic carbocycles. The number of para-hydroxylation sites is 2. The van der Waals surface area contributed by atoms with Gasteiger partial charge in [0, 0.05) is 21.3 Å². The zero-order chi connectivity index (χ0) is 21.4. The van der Waals surface area contributed by atoms with Gasteiger partial charge in [-0.05, 0) is 81.4 Å². The average Bonchev–Trinajstić information content (AvgIpc) is 3.13. The van der Waals surface area contributed by atoms with Crippen LogP contribution in [0.2, 0.25) is 0 Å². The van der Waals surface area contributed by atoms with E-state index in [1.54, 1.807) is 0 Å². The first kappa shape index (κ1) is 20.1. The van der Waals surface area contributed by atoms with E-state index in [-0.39, 0.29) is 5.41 Å². The summed E-state index contributed by atoms with van der Waals surface area (Å²) in [5, 5.41) is 0. The predicted molar refractivity (Wildman–Crippen MR) is 136 cm³/mol. The molecule has 0 unspecified atom stereocenters. The third-order valence-corrected chi connectivity index (χ3v) is 7.61. The van der Waals surface area contributed by atoms with Crippen LogP contribution in [-0.2, 0) is 5.41 Å². The fourth-order valence-corrected chi connectivity index (χ4v) is 6.17. The molecular formula is C29H26BrN. The Kier molecular flexibility index (Phi) is 5.19. The smallest absolute Gasteiger partial charge is 0.0607 e. The highest BCUT2D eigenvalue weighted by molar-refractivity contribution is 9.10. The van der Waals surface area contributed by atoms with Gasteiger partial charge in [0.2, 0.25) is 0 Å². The van der Waals surface area contributed by atoms with Crippen molar-refractivity contribution < 1.29 is 0 Å². The first-order valence-electron chi connectivity index (χ1n) is 11.0. The summed E-state index contributed by atoms with van der Waals surface area (Å²) < 4.78 is 1.19. The van der Waals surface area contributed by atoms with Crippen molar-refractivity contribution in [1.29, 1.82) is 0 Å². The van der Waals surface area contributed by atoms with Gasteiger partial charge in [0.05, 0.1) is 5.69 Å². The maximum atomic E-state index is 4.10. The van der Waals surface area contributed by atoms with Gasteiger partial charge in [0.25, 0.3) is 0 Å². The van der Waals surface area contributed by atoms with Gasteiger partial charge in [-0.1, -0.05) is 80.6 Å². The molecule has 31 heavy (non-hydrogen) atoms. The quantitative estimate of drug-likeness (QED) is 0.282. The third-order valence-electron chi connectivity index (χ3n) is 6.81. The van der Waals surface area contributed by atoms with E-state index < -0.39 is 0 Å². The molecule has 0 fully saturated rings. The van der Waals surface area contributed by atoms with Crippen molar-refractivity contribution in [2.45, 2.75) is 32.1 Å². The van der Waals surface area contributed by atoms with Gasteiger partial charge in [0.15, 0.2) is 0 Å². The van der Waals surface area contributed by atoms with Crippen LogP contribution in [0.15, 0.2) is 102 Å². The molecule has 5 rings (SSSR count). The molecule has 1 nitrogen and oxygen atoms in total. The number of benzene rings is 4. The van der Waals surface area contributed by atoms with E-state index in [9.17, 15) is 0 Å². The van der Waals surface area contributed by atoms with Gasteiger partial charge in [-0.15, -0.1) is 0 Å². The minimum Gasteiger partial charge on any atom is -0.309 e. The molecule has 154 valence electrons. The molecule has 0 aromatic heterocycles. The number of nitrogens with zero attached hydrogens (tertiary/aromatic N) is 1. The Morgan fingerprint density at radius 2 is 1.19 bits per heavy atom. The van der Waals surface area contributed by atoms with E-state index >= 15 is 0 Å². The summed E-state index contributed by atoms with van der Waals surface area (Å²) in [7, 11) is 0. The largest absolute Gasteiger partial charge is 0.309 e. The minimum absolute atomic E-state index is 0.0276. The Morgan fingerprint density at radius 1 is 0.645 bits per heavy atom. The lowest BCUT2D eigenvalue weighted by Crippen LogP contribution is -2.24. The first-order valence-corrected chi connectivity index (χ1v) is 11.8. The molecule has 0 heterocycles. The Morgan fingerprint density at radius 3 is 1.77 bits per heavy atom. The second kappa shape index (κ2) is 8.01. The molecule has 0 amide bonds. The molecule has 0 N–H and O–H groups in total. The first-order chi connectivity index (χ1) is 15.2. The van der Waals surface area contributed by atoms with Crippen LogP contribution in [0.3, 0.4) is 0 Å². The van der Waals surface area contributed by atoms with Gasteiger partial charge in [-0.3, -0.25) is 0 Å². The van der Waals surface area contributed by atoms with Crippen LogP contribution >= 0.6 is 15.9 Å². The number of halogens is 1. The highest BCUT2D eigenvalue weighted by Gasteiger charge is 2.42. The van der Waals surface area contributed by atoms with Gasteiger partial charge >= 0.3 is 0 Å². The van der Waals surface area contributed by atoms with Crippen molar-refractivity contribution in [2.24, 2.45) is 0 Å². The molecule has 0 saturated carbocycles. The molecule has 0 bridgehead atoms. The number of hydrogen-bond acceptors (Lipinski definition) is 1. The maximum absolute atomic E-state index is 4.10. The Hall–Kier alpha value is -2.84. The summed E-state index contributed by atoms with van der Waals surface area (Å²) in [5.41, 5.74) is 9.13. The topological polar surface area (TPSA) is 3.24 Å². The summed E-state index contributed by atoms with van der Waals surface area (Å²) in [6.07, 6.45) is 2.15. The fourth-order valence-electron chi connectivity index (χ4n) is 5.27. The van der Waals surface area contributed by atoms with Gasteiger partial charge < -0.3 is 4.90 Å². The third kappa shape index (κ3) is 3.04. The Labute approximate surface area is 193 Å². The Balaban J connectivity index is 1.78. The standard InChI is InChI=1S/C29H26BrN/c1-3-29(4-2)25-18-12-11-17-23(25)24-19-20-26(28(30)27(24)29)31(21-13-7-5-8-14-21)22-15-9-6-10-16-22/h5-20H,3-4H2,1-2H3. The van der Waals surface area contributed by atoms with Crippen molar-refractivity contribution in [3.63, 3.8) is 0 Å². The molecule has 0 radical (unpaired) electrons.